The number of hydrogen-bond acceptors (Lipinski definition) is 5. The van der Waals surface area contributed by atoms with Crippen LogP contribution in [-0.2, 0) is 9.53 Å². The van der Waals surface area contributed by atoms with E-state index in [1.165, 1.54) is 0 Å². The zero-order valence-corrected chi connectivity index (χ0v) is 5.80. The molecular formula is C6H10O5. The fourth-order valence-electron chi connectivity index (χ4n) is 0.928. The number of carbonyl (C=O) groups excluding carboxylic acids is 1. The minimum absolute atomic E-state index is 0.247. The van der Waals surface area contributed by atoms with Crippen molar-refractivity contribution in [3.05, 3.63) is 0 Å². The van der Waals surface area contributed by atoms with E-state index in [0.29, 0.717) is 0 Å². The van der Waals surface area contributed by atoms with E-state index in [4.69, 9.17) is 20.1 Å². The molecule has 0 aromatic heterocycles. The van der Waals surface area contributed by atoms with Gasteiger partial charge in [0.2, 0.25) is 0 Å². The van der Waals surface area contributed by atoms with Crippen LogP contribution in [0, 0.1) is 0 Å². The van der Waals surface area contributed by atoms with Gasteiger partial charge in [-0.05, 0) is 0 Å². The van der Waals surface area contributed by atoms with Gasteiger partial charge in [0, 0.05) is 0 Å². The Morgan fingerprint density at radius 2 is 2.18 bits per heavy atom. The molecule has 0 aromatic rings. The van der Waals surface area contributed by atoms with Gasteiger partial charge in [0.15, 0.2) is 5.78 Å². The van der Waals surface area contributed by atoms with Crippen LogP contribution in [0.1, 0.15) is 0 Å². The summed E-state index contributed by atoms with van der Waals surface area (Å²) >= 11 is 0. The van der Waals surface area contributed by atoms with Crippen LogP contribution in [0.5, 0.6) is 0 Å². The van der Waals surface area contributed by atoms with Crippen molar-refractivity contribution in [2.75, 3.05) is 13.2 Å². The Bertz CT molecular complexity index is 157. The number of aliphatic hydroxyl groups excluding tert-OH is 3. The molecule has 1 heterocycles. The van der Waals surface area contributed by atoms with Crippen LogP contribution in [0.15, 0.2) is 0 Å². The number of carbonyl (C=O) groups is 1. The number of rotatable bonds is 1. The summed E-state index contributed by atoms with van der Waals surface area (Å²) in [4.78, 5) is 10.6. The zero-order chi connectivity index (χ0) is 8.43. The highest BCUT2D eigenvalue weighted by Gasteiger charge is 2.36. The first-order valence-corrected chi connectivity index (χ1v) is 3.28. The summed E-state index contributed by atoms with van der Waals surface area (Å²) in [6.07, 6.45) is -3.56. The van der Waals surface area contributed by atoms with Crippen molar-refractivity contribution in [2.24, 2.45) is 0 Å². The molecule has 3 atom stereocenters. The van der Waals surface area contributed by atoms with E-state index in [0.717, 1.165) is 0 Å². The molecular weight excluding hydrogens is 152 g/mol. The van der Waals surface area contributed by atoms with Gasteiger partial charge in [-0.25, -0.2) is 0 Å². The molecule has 5 heteroatoms. The molecule has 0 saturated carbocycles. The lowest BCUT2D eigenvalue weighted by Gasteiger charge is -2.29. The van der Waals surface area contributed by atoms with Crippen molar-refractivity contribution >= 4 is 5.78 Å². The van der Waals surface area contributed by atoms with Crippen molar-refractivity contribution in [3.63, 3.8) is 0 Å². The molecule has 1 aliphatic rings. The summed E-state index contributed by atoms with van der Waals surface area (Å²) in [6.45, 7) is -0.644. The Morgan fingerprint density at radius 3 is 2.73 bits per heavy atom. The summed E-state index contributed by atoms with van der Waals surface area (Å²) in [7, 11) is 0. The Kier molecular flexibility index (Phi) is 2.56. The first-order valence-electron chi connectivity index (χ1n) is 3.28. The van der Waals surface area contributed by atoms with Crippen LogP contribution < -0.4 is 0 Å². The Labute approximate surface area is 63.2 Å². The lowest BCUT2D eigenvalue weighted by Crippen LogP contribution is -2.51. The highest BCUT2D eigenvalue weighted by molar-refractivity contribution is 5.85. The second kappa shape index (κ2) is 3.27. The maximum Gasteiger partial charge on any atom is 0.189 e. The molecule has 64 valence electrons. The Hall–Kier alpha value is -0.490. The molecule has 0 amide bonds. The summed E-state index contributed by atoms with van der Waals surface area (Å²) in [5.41, 5.74) is 0. The Balaban J connectivity index is 2.59. The zero-order valence-electron chi connectivity index (χ0n) is 5.80. The first kappa shape index (κ1) is 8.61. The smallest absolute Gasteiger partial charge is 0.189 e. The number of Topliss-reactive ketones (excluding diaryl/α,β-unsaturated/α-hetero) is 1. The topological polar surface area (TPSA) is 87.0 Å². The van der Waals surface area contributed by atoms with E-state index in [-0.39, 0.29) is 6.61 Å². The third kappa shape index (κ3) is 1.57. The van der Waals surface area contributed by atoms with Crippen molar-refractivity contribution in [1.29, 1.82) is 0 Å². The van der Waals surface area contributed by atoms with Crippen molar-refractivity contribution in [1.82, 2.24) is 0 Å². The predicted molar refractivity (Wildman–Crippen MR) is 33.8 cm³/mol. The van der Waals surface area contributed by atoms with Crippen LogP contribution in [0.4, 0.5) is 0 Å². The van der Waals surface area contributed by atoms with Crippen LogP contribution in [0.2, 0.25) is 0 Å². The highest BCUT2D eigenvalue weighted by Crippen LogP contribution is 2.11. The maximum atomic E-state index is 10.6. The van der Waals surface area contributed by atoms with E-state index in [1.807, 2.05) is 0 Å². The molecule has 0 bridgehead atoms. The molecule has 1 fully saturated rings. The van der Waals surface area contributed by atoms with Crippen molar-refractivity contribution in [3.8, 4) is 0 Å². The number of ether oxygens (including phenoxy) is 1. The minimum Gasteiger partial charge on any atom is -0.394 e. The van der Waals surface area contributed by atoms with Crippen LogP contribution in [-0.4, -0.2) is 52.6 Å². The van der Waals surface area contributed by atoms with E-state index >= 15 is 0 Å². The Morgan fingerprint density at radius 1 is 1.55 bits per heavy atom. The predicted octanol–water partition coefficient (Wildman–Crippen LogP) is -2.33. The van der Waals surface area contributed by atoms with E-state index in [1.54, 1.807) is 0 Å². The van der Waals surface area contributed by atoms with Crippen molar-refractivity contribution < 1.29 is 24.9 Å². The SMILES string of the molecule is O=C1CO[C@H](CO)[C@@H](O)[C@@H]1O. The fourth-order valence-corrected chi connectivity index (χ4v) is 0.928. The van der Waals surface area contributed by atoms with E-state index in [9.17, 15) is 4.79 Å². The molecule has 0 unspecified atom stereocenters. The molecule has 0 aliphatic carbocycles. The first-order chi connectivity index (χ1) is 5.16. The normalized spacial score (nSPS) is 39.2. The second-order valence-electron chi connectivity index (χ2n) is 2.43. The van der Waals surface area contributed by atoms with Gasteiger partial charge in [-0.2, -0.15) is 0 Å². The highest BCUT2D eigenvalue weighted by atomic mass is 16.5. The van der Waals surface area contributed by atoms with Gasteiger partial charge in [0.1, 0.15) is 24.9 Å². The van der Waals surface area contributed by atoms with Gasteiger partial charge in [-0.3, -0.25) is 4.79 Å². The fraction of sp³-hybridized carbons (Fsp3) is 0.833. The van der Waals surface area contributed by atoms with E-state index < -0.39 is 30.7 Å². The molecule has 1 rings (SSSR count). The van der Waals surface area contributed by atoms with Crippen LogP contribution >= 0.6 is 0 Å². The number of aliphatic hydroxyl groups is 3. The van der Waals surface area contributed by atoms with Gasteiger partial charge < -0.3 is 20.1 Å². The third-order valence-corrected chi connectivity index (χ3v) is 1.65. The van der Waals surface area contributed by atoms with Gasteiger partial charge in [-0.1, -0.05) is 0 Å². The summed E-state index contributed by atoms with van der Waals surface area (Å²) in [5, 5.41) is 26.6. The van der Waals surface area contributed by atoms with Gasteiger partial charge >= 0.3 is 0 Å². The summed E-state index contributed by atoms with van der Waals surface area (Å²) in [6, 6.07) is 0. The molecule has 11 heavy (non-hydrogen) atoms. The molecule has 5 nitrogen and oxygen atoms in total. The largest absolute Gasteiger partial charge is 0.394 e. The van der Waals surface area contributed by atoms with E-state index in [2.05, 4.69) is 0 Å². The lowest BCUT2D eigenvalue weighted by molar-refractivity contribution is -0.170. The van der Waals surface area contributed by atoms with Crippen molar-refractivity contribution in [2.45, 2.75) is 18.3 Å². The average molecular weight is 162 g/mol. The number of hydrogen-bond donors (Lipinski definition) is 3. The minimum atomic E-state index is -1.42. The number of ketones is 1. The third-order valence-electron chi connectivity index (χ3n) is 1.65. The van der Waals surface area contributed by atoms with Crippen LogP contribution in [0.3, 0.4) is 0 Å². The van der Waals surface area contributed by atoms with Crippen LogP contribution in [0.25, 0.3) is 0 Å². The summed E-state index contributed by atoms with van der Waals surface area (Å²) < 4.78 is 4.71. The molecule has 0 spiro atoms. The lowest BCUT2D eigenvalue weighted by atomic mass is 10.0. The quantitative estimate of drug-likeness (QED) is 0.402. The average Bonchev–Trinajstić information content (AvgIpc) is 2.01. The second-order valence-corrected chi connectivity index (χ2v) is 2.43. The standard InChI is InChI=1S/C6H10O5/c7-1-4-6(10)5(9)3(8)2-11-4/h4-7,9-10H,1-2H2/t4-,5-,6-/m1/s1. The molecule has 0 aromatic carbocycles. The molecule has 1 saturated heterocycles. The van der Waals surface area contributed by atoms with Gasteiger partial charge in [0.25, 0.3) is 0 Å². The summed E-state index contributed by atoms with van der Waals surface area (Å²) in [5.74, 6) is -0.554. The van der Waals surface area contributed by atoms with Gasteiger partial charge in [-0.15, -0.1) is 0 Å². The van der Waals surface area contributed by atoms with Gasteiger partial charge in [0.05, 0.1) is 6.61 Å². The molecule has 1 aliphatic heterocycles. The maximum absolute atomic E-state index is 10.6. The molecule has 3 N–H and O–H groups in total. The molecule has 0 radical (unpaired) electrons. The monoisotopic (exact) mass is 162 g/mol.